The number of hydrogen-bond acceptors (Lipinski definition) is 5. The van der Waals surface area contributed by atoms with Crippen molar-refractivity contribution in [3.63, 3.8) is 0 Å². The molecule has 0 aliphatic heterocycles. The molecule has 1 aromatic carbocycles. The molecule has 140 valence electrons. The maximum atomic E-state index is 11.0. The van der Waals surface area contributed by atoms with Gasteiger partial charge in [-0.25, -0.2) is 14.8 Å². The van der Waals surface area contributed by atoms with Crippen molar-refractivity contribution in [3.8, 4) is 11.5 Å². The molecule has 1 aliphatic rings. The number of nitrogens with zero attached hydrogens (tertiary/aromatic N) is 2. The Morgan fingerprint density at radius 1 is 1.15 bits per heavy atom. The summed E-state index contributed by atoms with van der Waals surface area (Å²) in [5.74, 6) is 1.46. The van der Waals surface area contributed by atoms with Crippen LogP contribution in [0.4, 0.5) is 0 Å². The molecule has 0 saturated heterocycles. The zero-order valence-electron chi connectivity index (χ0n) is 15.1. The smallest absolute Gasteiger partial charge is 0.354 e. The van der Waals surface area contributed by atoms with Crippen LogP contribution in [-0.2, 0) is 6.42 Å². The molecule has 0 spiro atoms. The van der Waals surface area contributed by atoms with Crippen molar-refractivity contribution in [2.24, 2.45) is 5.92 Å². The fourth-order valence-corrected chi connectivity index (χ4v) is 3.65. The van der Waals surface area contributed by atoms with E-state index in [4.69, 9.17) is 14.3 Å². The summed E-state index contributed by atoms with van der Waals surface area (Å²) in [6, 6.07) is 8.46. The molecule has 6 nitrogen and oxygen atoms in total. The molecule has 1 saturated carbocycles. The van der Waals surface area contributed by atoms with Gasteiger partial charge >= 0.3 is 5.97 Å². The number of oxazole rings is 1. The van der Waals surface area contributed by atoms with E-state index < -0.39 is 5.97 Å². The van der Waals surface area contributed by atoms with Crippen LogP contribution in [0.1, 0.15) is 54.9 Å². The zero-order valence-corrected chi connectivity index (χ0v) is 15.1. The van der Waals surface area contributed by atoms with Gasteiger partial charge < -0.3 is 14.3 Å². The van der Waals surface area contributed by atoms with Gasteiger partial charge in [-0.1, -0.05) is 32.1 Å². The van der Waals surface area contributed by atoms with Gasteiger partial charge in [0.1, 0.15) is 17.0 Å². The second-order valence-electron chi connectivity index (χ2n) is 7.06. The summed E-state index contributed by atoms with van der Waals surface area (Å²) in [7, 11) is 0. The average Bonchev–Trinajstić information content (AvgIpc) is 3.09. The van der Waals surface area contributed by atoms with Crippen molar-refractivity contribution >= 4 is 17.1 Å². The number of hydrogen-bond donors (Lipinski definition) is 1. The second kappa shape index (κ2) is 7.78. The van der Waals surface area contributed by atoms with Gasteiger partial charge in [0.15, 0.2) is 17.2 Å². The first-order valence-corrected chi connectivity index (χ1v) is 9.44. The molecule has 1 fully saturated rings. The van der Waals surface area contributed by atoms with Crippen molar-refractivity contribution in [1.29, 1.82) is 0 Å². The Balaban J connectivity index is 1.45. The van der Waals surface area contributed by atoms with Crippen LogP contribution in [0.3, 0.4) is 0 Å². The third-order valence-electron chi connectivity index (χ3n) is 5.08. The number of carboxylic acids is 1. The van der Waals surface area contributed by atoms with Gasteiger partial charge in [0.05, 0.1) is 0 Å². The van der Waals surface area contributed by atoms with Gasteiger partial charge in [-0.2, -0.15) is 0 Å². The molecule has 1 aliphatic carbocycles. The standard InChI is InChI=1S/C21H22N2O4/c24-21(25)18-12-16(10-11-22-18)26-15-7-8-17-19(13-15)27-20(23-17)9-6-14-4-2-1-3-5-14/h7-8,10-14H,1-6,9H2,(H,24,25). The van der Waals surface area contributed by atoms with Crippen LogP contribution in [-0.4, -0.2) is 21.0 Å². The first-order chi connectivity index (χ1) is 13.2. The summed E-state index contributed by atoms with van der Waals surface area (Å²) < 4.78 is 11.7. The number of pyridine rings is 1. The molecule has 2 aromatic heterocycles. The van der Waals surface area contributed by atoms with Crippen molar-refractivity contribution in [2.45, 2.75) is 44.9 Å². The first kappa shape index (κ1) is 17.5. The highest BCUT2D eigenvalue weighted by Gasteiger charge is 2.15. The molecule has 0 unspecified atom stereocenters. The normalized spacial score (nSPS) is 15.1. The second-order valence-corrected chi connectivity index (χ2v) is 7.06. The maximum Gasteiger partial charge on any atom is 0.354 e. The lowest BCUT2D eigenvalue weighted by molar-refractivity contribution is 0.0690. The Hall–Kier alpha value is -2.89. The monoisotopic (exact) mass is 366 g/mol. The van der Waals surface area contributed by atoms with Crippen LogP contribution in [0.5, 0.6) is 11.5 Å². The van der Waals surface area contributed by atoms with Crippen LogP contribution in [0, 0.1) is 5.92 Å². The molecule has 1 N–H and O–H groups in total. The Labute approximate surface area is 157 Å². The molecule has 27 heavy (non-hydrogen) atoms. The van der Waals surface area contributed by atoms with E-state index in [0.29, 0.717) is 17.1 Å². The van der Waals surface area contributed by atoms with Crippen LogP contribution in [0.25, 0.3) is 11.1 Å². The lowest BCUT2D eigenvalue weighted by Crippen LogP contribution is -2.07. The summed E-state index contributed by atoms with van der Waals surface area (Å²) in [5.41, 5.74) is 1.43. The molecule has 0 radical (unpaired) electrons. The first-order valence-electron chi connectivity index (χ1n) is 9.44. The Kier molecular flexibility index (Phi) is 5.05. The SMILES string of the molecule is O=C(O)c1cc(Oc2ccc3nc(CCC4CCCCC4)oc3c2)ccn1. The molecular weight excluding hydrogens is 344 g/mol. The molecule has 3 aromatic rings. The molecule has 0 atom stereocenters. The van der Waals surface area contributed by atoms with E-state index in [1.165, 1.54) is 44.4 Å². The van der Waals surface area contributed by atoms with E-state index in [2.05, 4.69) is 9.97 Å². The molecule has 2 heterocycles. The third kappa shape index (κ3) is 4.27. The van der Waals surface area contributed by atoms with Crippen LogP contribution >= 0.6 is 0 Å². The van der Waals surface area contributed by atoms with Crippen molar-refractivity contribution in [1.82, 2.24) is 9.97 Å². The highest BCUT2D eigenvalue weighted by Crippen LogP contribution is 2.29. The highest BCUT2D eigenvalue weighted by atomic mass is 16.5. The van der Waals surface area contributed by atoms with E-state index in [1.807, 2.05) is 6.07 Å². The van der Waals surface area contributed by atoms with Crippen LogP contribution < -0.4 is 4.74 Å². The third-order valence-corrected chi connectivity index (χ3v) is 5.08. The van der Waals surface area contributed by atoms with Crippen molar-refractivity contribution in [2.75, 3.05) is 0 Å². The molecule has 0 bridgehead atoms. The van der Waals surface area contributed by atoms with Gasteiger partial charge in [-0.05, 0) is 30.5 Å². The van der Waals surface area contributed by atoms with Gasteiger partial charge in [-0.15, -0.1) is 0 Å². The summed E-state index contributed by atoms with van der Waals surface area (Å²) in [5, 5.41) is 9.02. The Morgan fingerprint density at radius 3 is 2.78 bits per heavy atom. The highest BCUT2D eigenvalue weighted by molar-refractivity contribution is 5.85. The predicted molar refractivity (Wildman–Crippen MR) is 100 cm³/mol. The number of carbonyl (C=O) groups is 1. The Bertz CT molecular complexity index is 944. The maximum absolute atomic E-state index is 11.0. The number of carboxylic acid groups (broad SMARTS) is 1. The van der Waals surface area contributed by atoms with E-state index in [9.17, 15) is 4.79 Å². The minimum absolute atomic E-state index is 0.0572. The Morgan fingerprint density at radius 2 is 1.96 bits per heavy atom. The van der Waals surface area contributed by atoms with Gasteiger partial charge in [0, 0.05) is 24.8 Å². The lowest BCUT2D eigenvalue weighted by Gasteiger charge is -2.20. The number of fused-ring (bicyclic) bond motifs is 1. The minimum Gasteiger partial charge on any atom is -0.477 e. The van der Waals surface area contributed by atoms with Gasteiger partial charge in [0.25, 0.3) is 0 Å². The fraction of sp³-hybridized carbons (Fsp3) is 0.381. The van der Waals surface area contributed by atoms with E-state index >= 15 is 0 Å². The van der Waals surface area contributed by atoms with Crippen LogP contribution in [0.2, 0.25) is 0 Å². The topological polar surface area (TPSA) is 85.5 Å². The number of aryl methyl sites for hydroxylation is 1. The number of aromatic carboxylic acids is 1. The number of aromatic nitrogens is 2. The van der Waals surface area contributed by atoms with Crippen LogP contribution in [0.15, 0.2) is 40.9 Å². The zero-order chi connectivity index (χ0) is 18.6. The van der Waals surface area contributed by atoms with Crippen molar-refractivity contribution in [3.05, 3.63) is 48.1 Å². The largest absolute Gasteiger partial charge is 0.477 e. The van der Waals surface area contributed by atoms with Gasteiger partial charge in [0.2, 0.25) is 0 Å². The predicted octanol–water partition coefficient (Wildman–Crippen LogP) is 5.23. The molecule has 6 heteroatoms. The molecule has 0 amide bonds. The molecule has 4 rings (SSSR count). The summed E-state index contributed by atoms with van der Waals surface area (Å²) in [6.07, 6.45) is 10.1. The quantitative estimate of drug-likeness (QED) is 0.643. The fourth-order valence-electron chi connectivity index (χ4n) is 3.65. The summed E-state index contributed by atoms with van der Waals surface area (Å²) in [6.45, 7) is 0. The average molecular weight is 366 g/mol. The summed E-state index contributed by atoms with van der Waals surface area (Å²) >= 11 is 0. The van der Waals surface area contributed by atoms with Crippen molar-refractivity contribution < 1.29 is 19.1 Å². The van der Waals surface area contributed by atoms with Gasteiger partial charge in [-0.3, -0.25) is 0 Å². The minimum atomic E-state index is -1.09. The number of ether oxygens (including phenoxy) is 1. The summed E-state index contributed by atoms with van der Waals surface area (Å²) in [4.78, 5) is 19.4. The van der Waals surface area contributed by atoms with E-state index in [0.717, 1.165) is 30.2 Å². The van der Waals surface area contributed by atoms with E-state index in [1.54, 1.807) is 18.2 Å². The molecular formula is C21H22N2O4. The van der Waals surface area contributed by atoms with E-state index in [-0.39, 0.29) is 5.69 Å². The number of rotatable bonds is 6. The number of benzene rings is 1. The lowest BCUT2D eigenvalue weighted by atomic mass is 9.86.